The number of rotatable bonds is 3. The topological polar surface area (TPSA) is 46.6 Å². The minimum atomic E-state index is -3.38. The van der Waals surface area contributed by atoms with Gasteiger partial charge in [-0.3, -0.25) is 0 Å². The highest BCUT2D eigenvalue weighted by Gasteiger charge is 2.39. The molecule has 3 rings (SSSR count). The Kier molecular flexibility index (Phi) is 4.22. The van der Waals surface area contributed by atoms with Gasteiger partial charge in [0.05, 0.1) is 12.0 Å². The average Bonchev–Trinajstić information content (AvgIpc) is 2.54. The first kappa shape index (κ1) is 14.9. The molecule has 4 nitrogen and oxygen atoms in total. The Balaban J connectivity index is 1.88. The van der Waals surface area contributed by atoms with Crippen molar-refractivity contribution in [1.29, 1.82) is 0 Å². The van der Waals surface area contributed by atoms with Crippen LogP contribution in [0.25, 0.3) is 0 Å². The van der Waals surface area contributed by atoms with E-state index in [2.05, 4.69) is 0 Å². The second kappa shape index (κ2) is 5.97. The first-order valence-electron chi connectivity index (χ1n) is 7.79. The first-order valence-corrected chi connectivity index (χ1v) is 9.23. The van der Waals surface area contributed by atoms with Gasteiger partial charge in [0.25, 0.3) is 0 Å². The molecule has 0 radical (unpaired) electrons. The number of hydrogen-bond acceptors (Lipinski definition) is 3. The summed E-state index contributed by atoms with van der Waals surface area (Å²) >= 11 is 0. The van der Waals surface area contributed by atoms with Crippen LogP contribution in [0.1, 0.15) is 38.5 Å². The molecule has 0 N–H and O–H groups in total. The van der Waals surface area contributed by atoms with E-state index < -0.39 is 10.0 Å². The molecule has 2 fully saturated rings. The third-order valence-electron chi connectivity index (χ3n) is 4.86. The molecule has 0 amide bonds. The summed E-state index contributed by atoms with van der Waals surface area (Å²) in [5, 5.41) is 0. The van der Waals surface area contributed by atoms with Gasteiger partial charge in [0.15, 0.2) is 0 Å². The lowest BCUT2D eigenvalue weighted by atomic mass is 9.79. The molecule has 2 unspecified atom stereocenters. The SMILES string of the molecule is COc1ccc(S(=O)(=O)N2CCCC3CCCCC32)cc1. The fraction of sp³-hybridized carbons (Fsp3) is 0.625. The van der Waals surface area contributed by atoms with Crippen LogP contribution in [-0.4, -0.2) is 32.4 Å². The van der Waals surface area contributed by atoms with Gasteiger partial charge in [-0.25, -0.2) is 8.42 Å². The van der Waals surface area contributed by atoms with Crippen molar-refractivity contribution in [2.75, 3.05) is 13.7 Å². The van der Waals surface area contributed by atoms with Crippen LogP contribution in [0.4, 0.5) is 0 Å². The zero-order chi connectivity index (χ0) is 14.9. The summed E-state index contributed by atoms with van der Waals surface area (Å²) < 4.78 is 32.7. The molecule has 1 saturated carbocycles. The lowest BCUT2D eigenvalue weighted by molar-refractivity contribution is 0.129. The molecule has 21 heavy (non-hydrogen) atoms. The monoisotopic (exact) mass is 309 g/mol. The van der Waals surface area contributed by atoms with E-state index >= 15 is 0 Å². The molecule has 116 valence electrons. The van der Waals surface area contributed by atoms with Crippen LogP contribution in [0.5, 0.6) is 5.75 Å². The van der Waals surface area contributed by atoms with E-state index in [4.69, 9.17) is 4.74 Å². The Morgan fingerprint density at radius 2 is 1.71 bits per heavy atom. The van der Waals surface area contributed by atoms with E-state index in [0.29, 0.717) is 23.1 Å². The summed E-state index contributed by atoms with van der Waals surface area (Å²) in [6.45, 7) is 0.662. The number of piperidine rings is 1. The standard InChI is InChI=1S/C16H23NO3S/c1-20-14-8-10-15(11-9-14)21(18,19)17-12-4-6-13-5-2-3-7-16(13)17/h8-11,13,16H,2-7,12H2,1H3. The molecule has 0 aromatic heterocycles. The maximum Gasteiger partial charge on any atom is 0.243 e. The lowest BCUT2D eigenvalue weighted by Gasteiger charge is -2.43. The van der Waals surface area contributed by atoms with Crippen LogP contribution in [-0.2, 0) is 10.0 Å². The average molecular weight is 309 g/mol. The summed E-state index contributed by atoms with van der Waals surface area (Å²) in [7, 11) is -1.80. The summed E-state index contributed by atoms with van der Waals surface area (Å²) in [6.07, 6.45) is 6.75. The Hall–Kier alpha value is -1.07. The predicted molar refractivity (Wildman–Crippen MR) is 81.9 cm³/mol. The molecule has 2 aliphatic rings. The quantitative estimate of drug-likeness (QED) is 0.862. The zero-order valence-electron chi connectivity index (χ0n) is 12.5. The summed E-state index contributed by atoms with van der Waals surface area (Å²) in [4.78, 5) is 0.384. The van der Waals surface area contributed by atoms with Gasteiger partial charge in [0.1, 0.15) is 5.75 Å². The van der Waals surface area contributed by atoms with E-state index in [1.807, 2.05) is 0 Å². The van der Waals surface area contributed by atoms with Gasteiger partial charge >= 0.3 is 0 Å². The molecule has 1 aliphatic heterocycles. The van der Waals surface area contributed by atoms with Gasteiger partial charge in [0.2, 0.25) is 10.0 Å². The summed E-state index contributed by atoms with van der Waals surface area (Å²) in [5.74, 6) is 1.24. The summed E-state index contributed by atoms with van der Waals surface area (Å²) in [6, 6.07) is 6.95. The van der Waals surface area contributed by atoms with Gasteiger partial charge in [0, 0.05) is 12.6 Å². The van der Waals surface area contributed by atoms with Crippen molar-refractivity contribution in [3.63, 3.8) is 0 Å². The van der Waals surface area contributed by atoms with Crippen LogP contribution >= 0.6 is 0 Å². The Morgan fingerprint density at radius 1 is 1.05 bits per heavy atom. The molecule has 5 heteroatoms. The van der Waals surface area contributed by atoms with Crippen molar-refractivity contribution in [2.45, 2.75) is 49.5 Å². The smallest absolute Gasteiger partial charge is 0.243 e. The Bertz CT molecular complexity index is 580. The van der Waals surface area contributed by atoms with Gasteiger partial charge in [-0.1, -0.05) is 12.8 Å². The predicted octanol–water partition coefficient (Wildman–Crippen LogP) is 3.04. The van der Waals surface area contributed by atoms with Crippen LogP contribution in [0.2, 0.25) is 0 Å². The number of nitrogens with zero attached hydrogens (tertiary/aromatic N) is 1. The molecule has 0 spiro atoms. The molecule has 1 aliphatic carbocycles. The van der Waals surface area contributed by atoms with E-state index in [1.54, 1.807) is 35.7 Å². The lowest BCUT2D eigenvalue weighted by Crippen LogP contribution is -2.49. The molecule has 1 saturated heterocycles. The van der Waals surface area contributed by atoms with Crippen LogP contribution < -0.4 is 4.74 Å². The van der Waals surface area contributed by atoms with Crippen molar-refractivity contribution >= 4 is 10.0 Å². The van der Waals surface area contributed by atoms with Crippen LogP contribution in [0.3, 0.4) is 0 Å². The second-order valence-corrected chi connectivity index (χ2v) is 7.94. The minimum Gasteiger partial charge on any atom is -0.497 e. The van der Waals surface area contributed by atoms with Gasteiger partial charge in [-0.15, -0.1) is 0 Å². The van der Waals surface area contributed by atoms with Crippen LogP contribution in [0.15, 0.2) is 29.2 Å². The molecular weight excluding hydrogens is 286 g/mol. The fourth-order valence-corrected chi connectivity index (χ4v) is 5.51. The highest BCUT2D eigenvalue weighted by molar-refractivity contribution is 7.89. The molecule has 2 atom stereocenters. The molecular formula is C16H23NO3S. The number of ether oxygens (including phenoxy) is 1. The zero-order valence-corrected chi connectivity index (χ0v) is 13.3. The van der Waals surface area contributed by atoms with Crippen molar-refractivity contribution in [2.24, 2.45) is 5.92 Å². The number of methoxy groups -OCH3 is 1. The molecule has 1 heterocycles. The number of fused-ring (bicyclic) bond motifs is 1. The summed E-state index contributed by atoms with van der Waals surface area (Å²) in [5.41, 5.74) is 0. The number of hydrogen-bond donors (Lipinski definition) is 0. The third kappa shape index (κ3) is 2.81. The molecule has 0 bridgehead atoms. The Labute approximate surface area is 127 Å². The van der Waals surface area contributed by atoms with E-state index in [0.717, 1.165) is 19.3 Å². The normalized spacial score (nSPS) is 27.1. The highest BCUT2D eigenvalue weighted by atomic mass is 32.2. The van der Waals surface area contributed by atoms with Gasteiger partial charge in [-0.2, -0.15) is 4.31 Å². The fourth-order valence-electron chi connectivity index (χ4n) is 3.76. The van der Waals surface area contributed by atoms with E-state index in [9.17, 15) is 8.42 Å². The van der Waals surface area contributed by atoms with Gasteiger partial charge < -0.3 is 4.74 Å². The largest absolute Gasteiger partial charge is 0.497 e. The Morgan fingerprint density at radius 3 is 2.43 bits per heavy atom. The third-order valence-corrected chi connectivity index (χ3v) is 6.80. The van der Waals surface area contributed by atoms with Crippen molar-refractivity contribution in [1.82, 2.24) is 4.31 Å². The number of sulfonamides is 1. The van der Waals surface area contributed by atoms with E-state index in [-0.39, 0.29) is 6.04 Å². The first-order chi connectivity index (χ1) is 10.1. The maximum atomic E-state index is 12.9. The second-order valence-electron chi connectivity index (χ2n) is 6.05. The number of benzene rings is 1. The molecule has 1 aromatic carbocycles. The maximum absolute atomic E-state index is 12.9. The minimum absolute atomic E-state index is 0.208. The molecule has 1 aromatic rings. The van der Waals surface area contributed by atoms with Gasteiger partial charge in [-0.05, 0) is 55.9 Å². The van der Waals surface area contributed by atoms with E-state index in [1.165, 1.54) is 19.3 Å². The van der Waals surface area contributed by atoms with Crippen molar-refractivity contribution < 1.29 is 13.2 Å². The van der Waals surface area contributed by atoms with Crippen LogP contribution in [0, 0.1) is 5.92 Å². The highest BCUT2D eigenvalue weighted by Crippen LogP contribution is 2.38. The van der Waals surface area contributed by atoms with Crippen molar-refractivity contribution in [3.8, 4) is 5.75 Å². The van der Waals surface area contributed by atoms with Crippen molar-refractivity contribution in [3.05, 3.63) is 24.3 Å².